The molecular weight excluding hydrogens is 268 g/mol. The van der Waals surface area contributed by atoms with E-state index in [0.717, 1.165) is 25.3 Å². The van der Waals surface area contributed by atoms with E-state index < -0.39 is 0 Å². The zero-order valence-corrected chi connectivity index (χ0v) is 12.6. The first-order valence-corrected chi connectivity index (χ1v) is 7.57. The Kier molecular flexibility index (Phi) is 6.50. The Hall–Kier alpha value is -1.59. The van der Waals surface area contributed by atoms with Gasteiger partial charge in [0.1, 0.15) is 5.75 Å². The number of morpholine rings is 1. The highest BCUT2D eigenvalue weighted by atomic mass is 16.5. The smallest absolute Gasteiger partial charge is 0.221 e. The monoisotopic (exact) mass is 292 g/mol. The molecule has 1 heterocycles. The summed E-state index contributed by atoms with van der Waals surface area (Å²) in [5.74, 6) is 0.956. The highest BCUT2D eigenvalue weighted by Crippen LogP contribution is 2.12. The third kappa shape index (κ3) is 5.73. The molecule has 0 aliphatic carbocycles. The summed E-state index contributed by atoms with van der Waals surface area (Å²) in [5, 5.41) is 6.23. The molecule has 0 aromatic heterocycles. The summed E-state index contributed by atoms with van der Waals surface area (Å²) in [6.07, 6.45) is 1.30. The van der Waals surface area contributed by atoms with Crippen LogP contribution in [-0.4, -0.2) is 44.9 Å². The Morgan fingerprint density at radius 2 is 2.24 bits per heavy atom. The van der Waals surface area contributed by atoms with Gasteiger partial charge in [0.15, 0.2) is 0 Å². The van der Waals surface area contributed by atoms with Crippen LogP contribution in [-0.2, 0) is 16.0 Å². The van der Waals surface area contributed by atoms with E-state index in [1.54, 1.807) is 0 Å². The molecule has 2 rings (SSSR count). The molecule has 116 valence electrons. The summed E-state index contributed by atoms with van der Waals surface area (Å²) >= 11 is 0. The molecule has 0 saturated carbocycles. The van der Waals surface area contributed by atoms with Gasteiger partial charge in [0, 0.05) is 25.6 Å². The van der Waals surface area contributed by atoms with E-state index in [0.29, 0.717) is 26.2 Å². The number of rotatable bonds is 7. The van der Waals surface area contributed by atoms with Gasteiger partial charge in [-0.3, -0.25) is 4.79 Å². The molecular formula is C16H24N2O3. The van der Waals surface area contributed by atoms with Crippen LogP contribution in [0, 0.1) is 0 Å². The van der Waals surface area contributed by atoms with Crippen molar-refractivity contribution in [1.29, 1.82) is 0 Å². The van der Waals surface area contributed by atoms with Crippen molar-refractivity contribution in [2.45, 2.75) is 25.8 Å². The van der Waals surface area contributed by atoms with Crippen LogP contribution in [0.3, 0.4) is 0 Å². The molecule has 0 radical (unpaired) electrons. The van der Waals surface area contributed by atoms with Crippen molar-refractivity contribution in [1.82, 2.24) is 10.6 Å². The molecule has 1 aliphatic rings. The molecule has 0 unspecified atom stereocenters. The Balaban J connectivity index is 1.64. The molecule has 21 heavy (non-hydrogen) atoms. The first kappa shape index (κ1) is 15.8. The minimum atomic E-state index is 0.0731. The number of benzene rings is 1. The molecule has 5 nitrogen and oxygen atoms in total. The van der Waals surface area contributed by atoms with Crippen molar-refractivity contribution in [3.8, 4) is 5.75 Å². The average Bonchev–Trinajstić information content (AvgIpc) is 2.50. The quantitative estimate of drug-likeness (QED) is 0.791. The number of ether oxygens (including phenoxy) is 2. The van der Waals surface area contributed by atoms with E-state index >= 15 is 0 Å². The molecule has 0 bridgehead atoms. The minimum Gasteiger partial charge on any atom is -0.494 e. The van der Waals surface area contributed by atoms with Crippen LogP contribution < -0.4 is 15.4 Å². The predicted octanol–water partition coefficient (Wildman–Crippen LogP) is 1.12. The van der Waals surface area contributed by atoms with Crippen LogP contribution in [0.15, 0.2) is 24.3 Å². The van der Waals surface area contributed by atoms with Gasteiger partial charge in [0.2, 0.25) is 5.91 Å². The first-order valence-electron chi connectivity index (χ1n) is 7.57. The van der Waals surface area contributed by atoms with Crippen molar-refractivity contribution in [3.05, 3.63) is 29.8 Å². The van der Waals surface area contributed by atoms with Crippen molar-refractivity contribution >= 4 is 5.91 Å². The predicted molar refractivity (Wildman–Crippen MR) is 81.6 cm³/mol. The molecule has 1 fully saturated rings. The summed E-state index contributed by atoms with van der Waals surface area (Å²) < 4.78 is 10.7. The standard InChI is InChI=1S/C16H24N2O3/c1-2-21-15-5-3-13(4-6-15)7-8-18-16(19)11-14-12-20-10-9-17-14/h3-6,14,17H,2,7-12H2,1H3,(H,18,19)/t14-/m1/s1. The molecule has 1 saturated heterocycles. The lowest BCUT2D eigenvalue weighted by molar-refractivity contribution is -0.122. The SMILES string of the molecule is CCOc1ccc(CCNC(=O)C[C@@H]2COCCN2)cc1. The molecule has 1 amide bonds. The lowest BCUT2D eigenvalue weighted by atomic mass is 10.1. The van der Waals surface area contributed by atoms with Crippen LogP contribution in [0.1, 0.15) is 18.9 Å². The fraction of sp³-hybridized carbons (Fsp3) is 0.562. The molecule has 5 heteroatoms. The van der Waals surface area contributed by atoms with E-state index in [-0.39, 0.29) is 11.9 Å². The van der Waals surface area contributed by atoms with E-state index in [2.05, 4.69) is 10.6 Å². The Morgan fingerprint density at radius 1 is 1.43 bits per heavy atom. The number of amides is 1. The largest absolute Gasteiger partial charge is 0.494 e. The lowest BCUT2D eigenvalue weighted by Gasteiger charge is -2.23. The van der Waals surface area contributed by atoms with Gasteiger partial charge in [-0.2, -0.15) is 0 Å². The average molecular weight is 292 g/mol. The van der Waals surface area contributed by atoms with Crippen molar-refractivity contribution in [2.75, 3.05) is 32.9 Å². The zero-order chi connectivity index (χ0) is 14.9. The van der Waals surface area contributed by atoms with Gasteiger partial charge in [-0.15, -0.1) is 0 Å². The van der Waals surface area contributed by atoms with Crippen molar-refractivity contribution in [3.63, 3.8) is 0 Å². The van der Waals surface area contributed by atoms with E-state index in [9.17, 15) is 4.79 Å². The molecule has 0 spiro atoms. The third-order valence-corrected chi connectivity index (χ3v) is 3.40. The van der Waals surface area contributed by atoms with Crippen LogP contribution in [0.2, 0.25) is 0 Å². The van der Waals surface area contributed by atoms with Gasteiger partial charge in [0.05, 0.1) is 19.8 Å². The van der Waals surface area contributed by atoms with Crippen molar-refractivity contribution in [2.24, 2.45) is 0 Å². The highest BCUT2D eigenvalue weighted by molar-refractivity contribution is 5.76. The highest BCUT2D eigenvalue weighted by Gasteiger charge is 2.16. The molecule has 2 N–H and O–H groups in total. The summed E-state index contributed by atoms with van der Waals surface area (Å²) in [5.41, 5.74) is 1.19. The van der Waals surface area contributed by atoms with Gasteiger partial charge in [-0.25, -0.2) is 0 Å². The first-order chi connectivity index (χ1) is 10.3. The summed E-state index contributed by atoms with van der Waals surface area (Å²) in [6, 6.07) is 8.14. The zero-order valence-electron chi connectivity index (χ0n) is 12.6. The molecule has 1 aliphatic heterocycles. The van der Waals surface area contributed by atoms with Gasteiger partial charge in [-0.05, 0) is 31.0 Å². The topological polar surface area (TPSA) is 59.6 Å². The number of hydrogen-bond acceptors (Lipinski definition) is 4. The maximum Gasteiger partial charge on any atom is 0.221 e. The normalized spacial score (nSPS) is 18.2. The van der Waals surface area contributed by atoms with E-state index in [1.807, 2.05) is 31.2 Å². The van der Waals surface area contributed by atoms with Gasteiger partial charge in [-0.1, -0.05) is 12.1 Å². The van der Waals surface area contributed by atoms with Crippen molar-refractivity contribution < 1.29 is 14.3 Å². The summed E-state index contributed by atoms with van der Waals surface area (Å²) in [4.78, 5) is 11.8. The number of carbonyl (C=O) groups excluding carboxylic acids is 1. The number of hydrogen-bond donors (Lipinski definition) is 2. The lowest BCUT2D eigenvalue weighted by Crippen LogP contribution is -2.44. The third-order valence-electron chi connectivity index (χ3n) is 3.40. The second kappa shape index (κ2) is 8.64. The minimum absolute atomic E-state index is 0.0731. The van der Waals surface area contributed by atoms with Gasteiger partial charge < -0.3 is 20.1 Å². The molecule has 1 aromatic carbocycles. The second-order valence-electron chi connectivity index (χ2n) is 5.11. The van der Waals surface area contributed by atoms with Crippen LogP contribution in [0.5, 0.6) is 5.75 Å². The fourth-order valence-corrected chi connectivity index (χ4v) is 2.31. The summed E-state index contributed by atoms with van der Waals surface area (Å²) in [6.45, 7) is 5.47. The van der Waals surface area contributed by atoms with Crippen LogP contribution in [0.4, 0.5) is 0 Å². The maximum atomic E-state index is 11.8. The van der Waals surface area contributed by atoms with Gasteiger partial charge >= 0.3 is 0 Å². The van der Waals surface area contributed by atoms with E-state index in [4.69, 9.17) is 9.47 Å². The Bertz CT molecular complexity index is 428. The van der Waals surface area contributed by atoms with Crippen LogP contribution >= 0.6 is 0 Å². The number of nitrogens with one attached hydrogen (secondary N) is 2. The van der Waals surface area contributed by atoms with E-state index in [1.165, 1.54) is 5.56 Å². The number of carbonyl (C=O) groups is 1. The maximum absolute atomic E-state index is 11.8. The molecule has 1 aromatic rings. The Labute approximate surface area is 126 Å². The summed E-state index contributed by atoms with van der Waals surface area (Å²) in [7, 11) is 0. The van der Waals surface area contributed by atoms with Gasteiger partial charge in [0.25, 0.3) is 0 Å². The molecule has 1 atom stereocenters. The second-order valence-corrected chi connectivity index (χ2v) is 5.11. The van der Waals surface area contributed by atoms with Crippen LogP contribution in [0.25, 0.3) is 0 Å². The fourth-order valence-electron chi connectivity index (χ4n) is 2.31. The Morgan fingerprint density at radius 3 is 2.90 bits per heavy atom.